The number of nitrogens with zero attached hydrogens (tertiary/aromatic N) is 2. The van der Waals surface area contributed by atoms with Crippen molar-refractivity contribution in [3.63, 3.8) is 0 Å². The monoisotopic (exact) mass is 382 g/mol. The fraction of sp³-hybridized carbons (Fsp3) is 0.632. The third kappa shape index (κ3) is 7.33. The molecular weight excluding hydrogens is 348 g/mol. The van der Waals surface area contributed by atoms with Gasteiger partial charge in [0.05, 0.1) is 5.75 Å². The topological polar surface area (TPSA) is 73.8 Å². The van der Waals surface area contributed by atoms with Gasteiger partial charge < -0.3 is 10.6 Å². The quantitative estimate of drug-likeness (QED) is 0.481. The third-order valence-electron chi connectivity index (χ3n) is 4.27. The SMILES string of the molecule is CCNC(=NCC(C)c1ccc(C)cc1)NCCS(=O)(=O)N(CC)CC. The molecule has 1 aromatic carbocycles. The number of guanidine groups is 1. The van der Waals surface area contributed by atoms with Crippen LogP contribution < -0.4 is 10.6 Å². The molecule has 26 heavy (non-hydrogen) atoms. The van der Waals surface area contributed by atoms with Gasteiger partial charge in [0.2, 0.25) is 10.0 Å². The molecule has 0 saturated carbocycles. The second-order valence-electron chi connectivity index (χ2n) is 6.36. The van der Waals surface area contributed by atoms with Gasteiger partial charge in [0.1, 0.15) is 0 Å². The van der Waals surface area contributed by atoms with Crippen molar-refractivity contribution in [2.45, 2.75) is 40.5 Å². The first-order valence-electron chi connectivity index (χ1n) is 9.40. The van der Waals surface area contributed by atoms with Gasteiger partial charge in [-0.15, -0.1) is 0 Å². The van der Waals surface area contributed by atoms with Crippen molar-refractivity contribution in [3.8, 4) is 0 Å². The van der Waals surface area contributed by atoms with Crippen molar-refractivity contribution in [2.24, 2.45) is 4.99 Å². The lowest BCUT2D eigenvalue weighted by Gasteiger charge is -2.19. The van der Waals surface area contributed by atoms with Gasteiger partial charge in [-0.25, -0.2) is 12.7 Å². The number of nitrogens with one attached hydrogen (secondary N) is 2. The highest BCUT2D eigenvalue weighted by Crippen LogP contribution is 2.15. The zero-order chi connectivity index (χ0) is 19.6. The molecule has 7 heteroatoms. The highest BCUT2D eigenvalue weighted by Gasteiger charge is 2.18. The summed E-state index contributed by atoms with van der Waals surface area (Å²) in [7, 11) is -3.22. The molecule has 0 fully saturated rings. The van der Waals surface area contributed by atoms with Crippen LogP contribution in [0.25, 0.3) is 0 Å². The molecule has 1 rings (SSSR count). The maximum absolute atomic E-state index is 12.2. The molecule has 0 saturated heterocycles. The third-order valence-corrected chi connectivity index (χ3v) is 6.29. The van der Waals surface area contributed by atoms with E-state index >= 15 is 0 Å². The van der Waals surface area contributed by atoms with E-state index < -0.39 is 10.0 Å². The Morgan fingerprint density at radius 3 is 2.27 bits per heavy atom. The Morgan fingerprint density at radius 1 is 1.12 bits per heavy atom. The molecule has 0 bridgehead atoms. The van der Waals surface area contributed by atoms with Crippen LogP contribution in [0.1, 0.15) is 44.7 Å². The van der Waals surface area contributed by atoms with Gasteiger partial charge in [-0.05, 0) is 19.4 Å². The summed E-state index contributed by atoms with van der Waals surface area (Å²) in [6, 6.07) is 8.48. The van der Waals surface area contributed by atoms with Gasteiger partial charge in [0, 0.05) is 38.6 Å². The van der Waals surface area contributed by atoms with E-state index in [1.807, 2.05) is 20.8 Å². The molecule has 0 spiro atoms. The van der Waals surface area contributed by atoms with Crippen LogP contribution in [0, 0.1) is 6.92 Å². The number of hydrogen-bond donors (Lipinski definition) is 2. The van der Waals surface area contributed by atoms with Gasteiger partial charge in [0.15, 0.2) is 5.96 Å². The summed E-state index contributed by atoms with van der Waals surface area (Å²) in [4.78, 5) is 4.60. The number of aliphatic imine (C=N–C) groups is 1. The molecule has 0 aliphatic rings. The Hall–Kier alpha value is -1.60. The average molecular weight is 383 g/mol. The number of hydrogen-bond acceptors (Lipinski definition) is 3. The fourth-order valence-electron chi connectivity index (χ4n) is 2.61. The van der Waals surface area contributed by atoms with E-state index in [-0.39, 0.29) is 5.75 Å². The van der Waals surface area contributed by atoms with Crippen molar-refractivity contribution in [1.29, 1.82) is 0 Å². The zero-order valence-electron chi connectivity index (χ0n) is 16.7. The van der Waals surface area contributed by atoms with Gasteiger partial charge in [-0.3, -0.25) is 4.99 Å². The van der Waals surface area contributed by atoms with Crippen LogP contribution in [-0.2, 0) is 10.0 Å². The van der Waals surface area contributed by atoms with Crippen molar-refractivity contribution in [3.05, 3.63) is 35.4 Å². The van der Waals surface area contributed by atoms with E-state index in [2.05, 4.69) is 53.7 Å². The van der Waals surface area contributed by atoms with Crippen LogP contribution >= 0.6 is 0 Å². The number of benzene rings is 1. The molecule has 0 aromatic heterocycles. The lowest BCUT2D eigenvalue weighted by molar-refractivity contribution is 0.445. The van der Waals surface area contributed by atoms with Crippen LogP contribution in [-0.4, -0.2) is 57.2 Å². The highest BCUT2D eigenvalue weighted by atomic mass is 32.2. The molecule has 1 atom stereocenters. The average Bonchev–Trinajstić information content (AvgIpc) is 2.60. The van der Waals surface area contributed by atoms with Gasteiger partial charge >= 0.3 is 0 Å². The second-order valence-corrected chi connectivity index (χ2v) is 8.45. The summed E-state index contributed by atoms with van der Waals surface area (Å²) in [5, 5.41) is 6.30. The van der Waals surface area contributed by atoms with E-state index in [4.69, 9.17) is 0 Å². The molecule has 148 valence electrons. The van der Waals surface area contributed by atoms with E-state index in [1.165, 1.54) is 15.4 Å². The first-order valence-corrected chi connectivity index (χ1v) is 11.0. The Balaban J connectivity index is 2.62. The van der Waals surface area contributed by atoms with E-state index in [9.17, 15) is 8.42 Å². The van der Waals surface area contributed by atoms with Crippen LogP contribution in [0.2, 0.25) is 0 Å². The van der Waals surface area contributed by atoms with E-state index in [0.717, 1.165) is 6.54 Å². The maximum Gasteiger partial charge on any atom is 0.215 e. The molecule has 0 amide bonds. The van der Waals surface area contributed by atoms with Crippen molar-refractivity contribution in [2.75, 3.05) is 38.5 Å². The normalized spacial score (nSPS) is 13.7. The molecule has 6 nitrogen and oxygen atoms in total. The van der Waals surface area contributed by atoms with E-state index in [1.54, 1.807) is 0 Å². The molecule has 1 unspecified atom stereocenters. The summed E-state index contributed by atoms with van der Waals surface area (Å²) < 4.78 is 26.0. The summed E-state index contributed by atoms with van der Waals surface area (Å²) in [5.74, 6) is 1.01. The summed E-state index contributed by atoms with van der Waals surface area (Å²) in [6.45, 7) is 12.6. The molecule has 1 aromatic rings. The van der Waals surface area contributed by atoms with Crippen molar-refractivity contribution in [1.82, 2.24) is 14.9 Å². The smallest absolute Gasteiger partial charge is 0.215 e. The van der Waals surface area contributed by atoms with Crippen molar-refractivity contribution >= 4 is 16.0 Å². The zero-order valence-corrected chi connectivity index (χ0v) is 17.6. The van der Waals surface area contributed by atoms with Crippen LogP contribution in [0.4, 0.5) is 0 Å². The van der Waals surface area contributed by atoms with Gasteiger partial charge in [0.25, 0.3) is 0 Å². The maximum atomic E-state index is 12.2. The minimum atomic E-state index is -3.22. The molecule has 2 N–H and O–H groups in total. The Labute approximate surface area is 159 Å². The first kappa shape index (κ1) is 22.4. The lowest BCUT2D eigenvalue weighted by Crippen LogP contribution is -2.42. The molecule has 0 aliphatic heterocycles. The predicted molar refractivity (Wildman–Crippen MR) is 110 cm³/mol. The largest absolute Gasteiger partial charge is 0.357 e. The molecule has 0 aliphatic carbocycles. The minimum absolute atomic E-state index is 0.0621. The fourth-order valence-corrected chi connectivity index (χ4v) is 4.02. The predicted octanol–water partition coefficient (Wildman–Crippen LogP) is 2.33. The Kier molecular flexibility index (Phi) is 9.65. The Morgan fingerprint density at radius 2 is 1.73 bits per heavy atom. The summed E-state index contributed by atoms with van der Waals surface area (Å²) >= 11 is 0. The molecule has 0 heterocycles. The van der Waals surface area contributed by atoms with Crippen molar-refractivity contribution < 1.29 is 8.42 Å². The Bertz CT molecular complexity index is 653. The summed E-state index contributed by atoms with van der Waals surface area (Å²) in [6.07, 6.45) is 0. The lowest BCUT2D eigenvalue weighted by atomic mass is 10.0. The van der Waals surface area contributed by atoms with E-state index in [0.29, 0.717) is 38.1 Å². The van der Waals surface area contributed by atoms with Gasteiger partial charge in [-0.2, -0.15) is 0 Å². The summed E-state index contributed by atoms with van der Waals surface area (Å²) in [5.41, 5.74) is 2.49. The highest BCUT2D eigenvalue weighted by molar-refractivity contribution is 7.89. The molecular formula is C19H34N4O2S. The number of rotatable bonds is 10. The molecule has 0 radical (unpaired) electrons. The number of aryl methyl sites for hydroxylation is 1. The van der Waals surface area contributed by atoms with Crippen LogP contribution in [0.3, 0.4) is 0 Å². The minimum Gasteiger partial charge on any atom is -0.357 e. The van der Waals surface area contributed by atoms with Crippen LogP contribution in [0.15, 0.2) is 29.3 Å². The van der Waals surface area contributed by atoms with Gasteiger partial charge in [-0.1, -0.05) is 50.6 Å². The first-order chi connectivity index (χ1) is 12.3. The second kappa shape index (κ2) is 11.2. The standard InChI is InChI=1S/C19H34N4O2S/c1-6-20-19(21-13-14-26(24,25)23(7-2)8-3)22-15-17(5)18-11-9-16(4)10-12-18/h9-12,17H,6-8,13-15H2,1-5H3,(H2,20,21,22). The number of sulfonamides is 1. The van der Waals surface area contributed by atoms with Crippen LogP contribution in [0.5, 0.6) is 0 Å².